The van der Waals surface area contributed by atoms with Crippen molar-refractivity contribution in [2.24, 2.45) is 0 Å². The van der Waals surface area contributed by atoms with Crippen molar-refractivity contribution in [2.45, 2.75) is 16.7 Å². The lowest BCUT2D eigenvalue weighted by Crippen LogP contribution is -2.41. The number of amides is 1. The Hall–Kier alpha value is -2.68. The Kier molecular flexibility index (Phi) is 8.66. The maximum Gasteiger partial charge on any atom is 0.264 e. The largest absolute Gasteiger partial charge is 0.495 e. The molecule has 0 atom stereocenters. The lowest BCUT2D eigenvalue weighted by atomic mass is 10.2. The number of nitrogens with one attached hydrogen (secondary N) is 1. The van der Waals surface area contributed by atoms with E-state index in [1.807, 2.05) is 31.2 Å². The number of carbonyl (C=O) groups excluding carboxylic acids is 1. The molecule has 174 valence electrons. The summed E-state index contributed by atoms with van der Waals surface area (Å²) in [5.74, 6) is 0.662. The Morgan fingerprint density at radius 2 is 1.76 bits per heavy atom. The highest BCUT2D eigenvalue weighted by Gasteiger charge is 2.27. The van der Waals surface area contributed by atoms with Crippen LogP contribution >= 0.6 is 23.4 Å². The van der Waals surface area contributed by atoms with E-state index in [9.17, 15) is 13.2 Å². The monoisotopic (exact) mass is 504 g/mol. The van der Waals surface area contributed by atoms with Crippen molar-refractivity contribution >= 4 is 45.0 Å². The molecular weight excluding hydrogens is 480 g/mol. The Morgan fingerprint density at radius 3 is 2.39 bits per heavy atom. The number of methoxy groups -OCH3 is 1. The van der Waals surface area contributed by atoms with E-state index in [-0.39, 0.29) is 22.2 Å². The summed E-state index contributed by atoms with van der Waals surface area (Å²) in [5.41, 5.74) is 1.46. The Balaban J connectivity index is 1.73. The van der Waals surface area contributed by atoms with E-state index in [0.29, 0.717) is 18.0 Å². The maximum atomic E-state index is 13.3. The Morgan fingerprint density at radius 1 is 1.06 bits per heavy atom. The summed E-state index contributed by atoms with van der Waals surface area (Å²) >= 11 is 7.84. The van der Waals surface area contributed by atoms with Crippen LogP contribution in [0.4, 0.5) is 5.69 Å². The molecule has 0 bridgehead atoms. The number of rotatable bonds is 10. The van der Waals surface area contributed by atoms with Crippen molar-refractivity contribution < 1.29 is 17.9 Å². The van der Waals surface area contributed by atoms with Gasteiger partial charge in [-0.3, -0.25) is 9.10 Å². The van der Waals surface area contributed by atoms with Crippen LogP contribution in [0.3, 0.4) is 0 Å². The molecule has 3 aromatic rings. The van der Waals surface area contributed by atoms with Gasteiger partial charge in [0.15, 0.2) is 0 Å². The molecule has 0 unspecified atom stereocenters. The minimum absolute atomic E-state index is 0.0830. The van der Waals surface area contributed by atoms with E-state index >= 15 is 0 Å². The number of aryl methyl sites for hydroxylation is 1. The zero-order valence-corrected chi connectivity index (χ0v) is 20.7. The molecule has 33 heavy (non-hydrogen) atoms. The van der Waals surface area contributed by atoms with Crippen molar-refractivity contribution in [2.75, 3.05) is 30.3 Å². The molecular formula is C24H25ClN2O4S2. The van der Waals surface area contributed by atoms with E-state index < -0.39 is 15.9 Å². The van der Waals surface area contributed by atoms with Gasteiger partial charge in [-0.25, -0.2) is 8.42 Å². The number of nitrogens with zero attached hydrogens (tertiary/aromatic N) is 1. The molecule has 0 spiro atoms. The zero-order valence-electron chi connectivity index (χ0n) is 18.3. The maximum absolute atomic E-state index is 13.3. The summed E-state index contributed by atoms with van der Waals surface area (Å²) in [6.07, 6.45) is 0. The van der Waals surface area contributed by atoms with Crippen LogP contribution in [0.25, 0.3) is 0 Å². The molecule has 3 aromatic carbocycles. The number of ether oxygens (including phenoxy) is 1. The first-order valence-corrected chi connectivity index (χ1v) is 13.0. The van der Waals surface area contributed by atoms with Crippen LogP contribution < -0.4 is 14.4 Å². The molecule has 0 aromatic heterocycles. The van der Waals surface area contributed by atoms with E-state index in [4.69, 9.17) is 16.3 Å². The minimum atomic E-state index is -4.00. The van der Waals surface area contributed by atoms with E-state index in [1.165, 1.54) is 30.9 Å². The summed E-state index contributed by atoms with van der Waals surface area (Å²) in [4.78, 5) is 13.9. The third-order valence-corrected chi connectivity index (χ3v) is 7.85. The molecule has 0 saturated heterocycles. The molecule has 0 aliphatic rings. The Labute approximate surface area is 204 Å². The molecule has 3 rings (SSSR count). The summed E-state index contributed by atoms with van der Waals surface area (Å²) in [6, 6.07) is 20.7. The highest BCUT2D eigenvalue weighted by atomic mass is 35.5. The number of halogens is 1. The fourth-order valence-electron chi connectivity index (χ4n) is 3.03. The van der Waals surface area contributed by atoms with Gasteiger partial charge >= 0.3 is 0 Å². The number of hydrogen-bond donors (Lipinski definition) is 1. The first kappa shape index (κ1) is 25.0. The van der Waals surface area contributed by atoms with Crippen molar-refractivity contribution in [3.05, 3.63) is 83.4 Å². The second-order valence-electron chi connectivity index (χ2n) is 7.16. The second-order valence-corrected chi connectivity index (χ2v) is 10.6. The van der Waals surface area contributed by atoms with Gasteiger partial charge in [0, 0.05) is 17.2 Å². The van der Waals surface area contributed by atoms with Gasteiger partial charge in [-0.05, 0) is 49.4 Å². The number of anilines is 1. The van der Waals surface area contributed by atoms with E-state index in [2.05, 4.69) is 5.32 Å². The average Bonchev–Trinajstić information content (AvgIpc) is 2.82. The zero-order chi connectivity index (χ0) is 23.8. The number of benzene rings is 3. The van der Waals surface area contributed by atoms with Crippen molar-refractivity contribution in [1.82, 2.24) is 5.32 Å². The van der Waals surface area contributed by atoms with Gasteiger partial charge in [-0.2, -0.15) is 0 Å². The van der Waals surface area contributed by atoms with Crippen LogP contribution in [0.2, 0.25) is 5.02 Å². The van der Waals surface area contributed by atoms with Crippen molar-refractivity contribution in [3.63, 3.8) is 0 Å². The van der Waals surface area contributed by atoms with Crippen LogP contribution in [0.1, 0.15) is 5.56 Å². The summed E-state index contributed by atoms with van der Waals surface area (Å²) in [6.45, 7) is 2.05. The van der Waals surface area contributed by atoms with Crippen LogP contribution in [-0.2, 0) is 14.8 Å². The van der Waals surface area contributed by atoms with Gasteiger partial charge in [0.2, 0.25) is 5.91 Å². The molecule has 0 aliphatic heterocycles. The molecule has 1 amide bonds. The minimum Gasteiger partial charge on any atom is -0.495 e. The van der Waals surface area contributed by atoms with Crippen molar-refractivity contribution in [1.29, 1.82) is 0 Å². The SMILES string of the molecule is COc1ccc(N(CC(=O)NCCSc2ccc(C)cc2)S(=O)(=O)c2ccccc2)cc1Cl. The molecule has 0 aliphatic carbocycles. The summed E-state index contributed by atoms with van der Waals surface area (Å²) in [5, 5.41) is 3.05. The van der Waals surface area contributed by atoms with Crippen LogP contribution in [0, 0.1) is 6.92 Å². The molecule has 0 heterocycles. The second kappa shape index (κ2) is 11.4. The predicted molar refractivity (Wildman–Crippen MR) is 134 cm³/mol. The van der Waals surface area contributed by atoms with Gasteiger partial charge in [0.05, 0.1) is 22.7 Å². The van der Waals surface area contributed by atoms with Crippen LogP contribution in [0.15, 0.2) is 82.6 Å². The third kappa shape index (κ3) is 6.66. The lowest BCUT2D eigenvalue weighted by molar-refractivity contribution is -0.119. The molecule has 9 heteroatoms. The summed E-state index contributed by atoms with van der Waals surface area (Å²) in [7, 11) is -2.52. The van der Waals surface area contributed by atoms with Crippen LogP contribution in [0.5, 0.6) is 5.75 Å². The highest BCUT2D eigenvalue weighted by Crippen LogP contribution is 2.31. The van der Waals surface area contributed by atoms with E-state index in [0.717, 1.165) is 9.20 Å². The highest BCUT2D eigenvalue weighted by molar-refractivity contribution is 7.99. The quantitative estimate of drug-likeness (QED) is 0.318. The van der Waals surface area contributed by atoms with Gasteiger partial charge in [-0.1, -0.05) is 47.5 Å². The van der Waals surface area contributed by atoms with Gasteiger partial charge in [0.25, 0.3) is 10.0 Å². The number of thioether (sulfide) groups is 1. The lowest BCUT2D eigenvalue weighted by Gasteiger charge is -2.24. The first-order valence-electron chi connectivity index (χ1n) is 10.2. The molecule has 0 radical (unpaired) electrons. The normalized spacial score (nSPS) is 11.1. The topological polar surface area (TPSA) is 75.7 Å². The van der Waals surface area contributed by atoms with Gasteiger partial charge < -0.3 is 10.1 Å². The first-order chi connectivity index (χ1) is 15.8. The third-order valence-electron chi connectivity index (χ3n) is 4.76. The fourth-order valence-corrected chi connectivity index (χ4v) is 5.48. The molecule has 6 nitrogen and oxygen atoms in total. The van der Waals surface area contributed by atoms with E-state index in [1.54, 1.807) is 42.1 Å². The standard InChI is InChI=1S/C24H25ClN2O4S2/c1-18-8-11-20(12-9-18)32-15-14-26-24(28)17-27(19-10-13-23(31-2)22(25)16-19)33(29,30)21-6-4-3-5-7-21/h3-13,16H,14-15,17H2,1-2H3,(H,26,28). The molecule has 1 N–H and O–H groups in total. The smallest absolute Gasteiger partial charge is 0.264 e. The van der Waals surface area contributed by atoms with Crippen LogP contribution in [-0.4, -0.2) is 40.3 Å². The molecule has 0 fully saturated rings. The average molecular weight is 505 g/mol. The number of carbonyl (C=O) groups is 1. The fraction of sp³-hybridized carbons (Fsp3) is 0.208. The van der Waals surface area contributed by atoms with Gasteiger partial charge in [-0.15, -0.1) is 11.8 Å². The number of sulfonamides is 1. The Bertz CT molecular complexity index is 1190. The summed E-state index contributed by atoms with van der Waals surface area (Å²) < 4.78 is 32.9. The molecule has 0 saturated carbocycles. The number of hydrogen-bond acceptors (Lipinski definition) is 5. The van der Waals surface area contributed by atoms with Crippen molar-refractivity contribution in [3.8, 4) is 5.75 Å². The van der Waals surface area contributed by atoms with Gasteiger partial charge in [0.1, 0.15) is 12.3 Å². The predicted octanol–water partition coefficient (Wildman–Crippen LogP) is 4.76.